The van der Waals surface area contributed by atoms with E-state index in [2.05, 4.69) is 23.1 Å². The first-order valence-electron chi connectivity index (χ1n) is 7.71. The fraction of sp³-hybridized carbons (Fsp3) is 0.222. The molecule has 0 aliphatic heterocycles. The zero-order valence-corrected chi connectivity index (χ0v) is 13.6. The van der Waals surface area contributed by atoms with Gasteiger partial charge in [0.05, 0.1) is 6.04 Å². The molecule has 0 fully saturated rings. The molecular weight excluding hydrogens is 309 g/mol. The summed E-state index contributed by atoms with van der Waals surface area (Å²) in [5.41, 5.74) is 6.98. The zero-order chi connectivity index (χ0) is 17.5. The van der Waals surface area contributed by atoms with Gasteiger partial charge >= 0.3 is 6.03 Å². The smallest absolute Gasteiger partial charge is 0.330 e. The van der Waals surface area contributed by atoms with Gasteiger partial charge in [0.15, 0.2) is 0 Å². The average molecular weight is 329 g/mol. The van der Waals surface area contributed by atoms with Gasteiger partial charge in [-0.05, 0) is 48.7 Å². The molecular formula is C18H20FN3O2. The maximum atomic E-state index is 12.8. The standard InChI is InChI=1S/C18H20FN3O2/c1-3-13-4-6-14(7-5-13)12(2)20-18(24)22-21-17(23)15-8-10-16(19)11-9-15/h4-12H,3H2,1-2H3,(H,21,23)(H2,20,22,24). The Morgan fingerprint density at radius 3 is 2.21 bits per heavy atom. The molecule has 5 nitrogen and oxygen atoms in total. The SMILES string of the molecule is CCc1ccc(C(C)NC(=O)NNC(=O)c2ccc(F)cc2)cc1. The molecule has 1 atom stereocenters. The van der Waals surface area contributed by atoms with Gasteiger partial charge in [0.2, 0.25) is 0 Å². The third-order valence-corrected chi connectivity index (χ3v) is 3.63. The summed E-state index contributed by atoms with van der Waals surface area (Å²) in [5, 5.41) is 2.72. The first kappa shape index (κ1) is 17.5. The largest absolute Gasteiger partial charge is 0.333 e. The second-order valence-electron chi connectivity index (χ2n) is 5.38. The summed E-state index contributed by atoms with van der Waals surface area (Å²) < 4.78 is 12.8. The Hall–Kier alpha value is -2.89. The predicted molar refractivity (Wildman–Crippen MR) is 89.8 cm³/mol. The number of halogens is 1. The van der Waals surface area contributed by atoms with Crippen LogP contribution in [0.3, 0.4) is 0 Å². The lowest BCUT2D eigenvalue weighted by Gasteiger charge is -2.16. The maximum absolute atomic E-state index is 12.8. The van der Waals surface area contributed by atoms with Gasteiger partial charge in [0.25, 0.3) is 5.91 Å². The molecule has 2 aromatic carbocycles. The molecule has 0 spiro atoms. The van der Waals surface area contributed by atoms with Crippen LogP contribution in [-0.4, -0.2) is 11.9 Å². The van der Waals surface area contributed by atoms with E-state index in [4.69, 9.17) is 0 Å². The van der Waals surface area contributed by atoms with Crippen LogP contribution in [0.5, 0.6) is 0 Å². The van der Waals surface area contributed by atoms with E-state index in [0.717, 1.165) is 12.0 Å². The molecule has 0 saturated heterocycles. The Morgan fingerprint density at radius 1 is 1.00 bits per heavy atom. The van der Waals surface area contributed by atoms with Crippen molar-refractivity contribution < 1.29 is 14.0 Å². The van der Waals surface area contributed by atoms with E-state index < -0.39 is 17.8 Å². The van der Waals surface area contributed by atoms with Crippen LogP contribution in [0.1, 0.15) is 41.4 Å². The number of hydrogen-bond donors (Lipinski definition) is 3. The zero-order valence-electron chi connectivity index (χ0n) is 13.6. The number of carbonyl (C=O) groups is 2. The minimum absolute atomic E-state index is 0.210. The molecule has 0 aromatic heterocycles. The van der Waals surface area contributed by atoms with Gasteiger partial charge in [-0.1, -0.05) is 31.2 Å². The maximum Gasteiger partial charge on any atom is 0.333 e. The molecule has 0 aliphatic carbocycles. The summed E-state index contributed by atoms with van der Waals surface area (Å²) in [4.78, 5) is 23.7. The molecule has 0 bridgehead atoms. The summed E-state index contributed by atoms with van der Waals surface area (Å²) >= 11 is 0. The summed E-state index contributed by atoms with van der Waals surface area (Å²) in [7, 11) is 0. The molecule has 3 amide bonds. The quantitative estimate of drug-likeness (QED) is 0.754. The van der Waals surface area contributed by atoms with Crippen molar-refractivity contribution in [3.8, 4) is 0 Å². The van der Waals surface area contributed by atoms with Gasteiger partial charge in [-0.15, -0.1) is 0 Å². The second-order valence-corrected chi connectivity index (χ2v) is 5.38. The minimum Gasteiger partial charge on any atom is -0.330 e. The van der Waals surface area contributed by atoms with Gasteiger partial charge in [0, 0.05) is 5.56 Å². The molecule has 126 valence electrons. The number of urea groups is 1. The van der Waals surface area contributed by atoms with Crippen molar-refractivity contribution in [1.82, 2.24) is 16.2 Å². The second kappa shape index (κ2) is 8.10. The molecule has 2 rings (SSSR count). The van der Waals surface area contributed by atoms with Crippen molar-refractivity contribution in [3.63, 3.8) is 0 Å². The third kappa shape index (κ3) is 4.81. The van der Waals surface area contributed by atoms with Gasteiger partial charge in [-0.2, -0.15) is 0 Å². The molecule has 0 heterocycles. The van der Waals surface area contributed by atoms with Crippen LogP contribution < -0.4 is 16.2 Å². The molecule has 24 heavy (non-hydrogen) atoms. The van der Waals surface area contributed by atoms with E-state index in [0.29, 0.717) is 0 Å². The van der Waals surface area contributed by atoms with E-state index in [-0.39, 0.29) is 11.6 Å². The highest BCUT2D eigenvalue weighted by Crippen LogP contribution is 2.13. The number of aryl methyl sites for hydroxylation is 1. The van der Waals surface area contributed by atoms with Gasteiger partial charge in [0.1, 0.15) is 5.82 Å². The Kier molecular flexibility index (Phi) is 5.89. The van der Waals surface area contributed by atoms with E-state index in [1.165, 1.54) is 29.8 Å². The summed E-state index contributed by atoms with van der Waals surface area (Å²) in [6.07, 6.45) is 0.956. The third-order valence-electron chi connectivity index (χ3n) is 3.63. The molecule has 0 aliphatic rings. The number of hydrogen-bond acceptors (Lipinski definition) is 2. The Balaban J connectivity index is 1.83. The highest BCUT2D eigenvalue weighted by Gasteiger charge is 2.11. The van der Waals surface area contributed by atoms with Crippen LogP contribution in [0.2, 0.25) is 0 Å². The number of rotatable bonds is 4. The fourth-order valence-corrected chi connectivity index (χ4v) is 2.15. The molecule has 3 N–H and O–H groups in total. The number of nitrogens with one attached hydrogen (secondary N) is 3. The number of hydrazine groups is 1. The van der Waals surface area contributed by atoms with Gasteiger partial charge in [-0.25, -0.2) is 14.6 Å². The van der Waals surface area contributed by atoms with Crippen LogP contribution in [-0.2, 0) is 6.42 Å². The van der Waals surface area contributed by atoms with E-state index in [9.17, 15) is 14.0 Å². The number of benzene rings is 2. The van der Waals surface area contributed by atoms with Crippen LogP contribution in [0, 0.1) is 5.82 Å². The van der Waals surface area contributed by atoms with Crippen molar-refractivity contribution in [3.05, 3.63) is 71.0 Å². The van der Waals surface area contributed by atoms with Crippen molar-refractivity contribution in [2.75, 3.05) is 0 Å². The molecule has 1 unspecified atom stereocenters. The topological polar surface area (TPSA) is 70.2 Å². The van der Waals surface area contributed by atoms with Gasteiger partial charge < -0.3 is 5.32 Å². The number of carbonyl (C=O) groups excluding carboxylic acids is 2. The monoisotopic (exact) mass is 329 g/mol. The highest BCUT2D eigenvalue weighted by atomic mass is 19.1. The summed E-state index contributed by atoms with van der Waals surface area (Å²) in [6.45, 7) is 3.93. The van der Waals surface area contributed by atoms with E-state index >= 15 is 0 Å². The summed E-state index contributed by atoms with van der Waals surface area (Å²) in [6, 6.07) is 12.2. The van der Waals surface area contributed by atoms with Crippen LogP contribution in [0.4, 0.5) is 9.18 Å². The van der Waals surface area contributed by atoms with Crippen LogP contribution in [0.15, 0.2) is 48.5 Å². The normalized spacial score (nSPS) is 11.5. The Bertz CT molecular complexity index is 699. The van der Waals surface area contributed by atoms with Crippen molar-refractivity contribution in [2.45, 2.75) is 26.3 Å². The lowest BCUT2D eigenvalue weighted by atomic mass is 10.1. The first-order valence-corrected chi connectivity index (χ1v) is 7.71. The Labute approximate surface area is 140 Å². The molecule has 0 radical (unpaired) electrons. The molecule has 2 aromatic rings. The lowest BCUT2D eigenvalue weighted by Crippen LogP contribution is -2.47. The van der Waals surface area contributed by atoms with Crippen molar-refractivity contribution in [2.24, 2.45) is 0 Å². The van der Waals surface area contributed by atoms with E-state index in [1.807, 2.05) is 31.2 Å². The van der Waals surface area contributed by atoms with Crippen LogP contribution >= 0.6 is 0 Å². The lowest BCUT2D eigenvalue weighted by molar-refractivity contribution is 0.0936. The number of amides is 3. The van der Waals surface area contributed by atoms with E-state index in [1.54, 1.807) is 0 Å². The van der Waals surface area contributed by atoms with Crippen molar-refractivity contribution in [1.29, 1.82) is 0 Å². The Morgan fingerprint density at radius 2 is 1.62 bits per heavy atom. The van der Waals surface area contributed by atoms with Gasteiger partial charge in [-0.3, -0.25) is 10.2 Å². The fourth-order valence-electron chi connectivity index (χ4n) is 2.15. The molecule has 6 heteroatoms. The minimum atomic E-state index is -0.530. The summed E-state index contributed by atoms with van der Waals surface area (Å²) in [5.74, 6) is -0.953. The predicted octanol–water partition coefficient (Wildman–Crippen LogP) is 3.09. The average Bonchev–Trinajstić information content (AvgIpc) is 2.60. The highest BCUT2D eigenvalue weighted by molar-refractivity contribution is 5.95. The van der Waals surface area contributed by atoms with Crippen molar-refractivity contribution >= 4 is 11.9 Å². The van der Waals surface area contributed by atoms with Crippen LogP contribution in [0.25, 0.3) is 0 Å². The first-order chi connectivity index (χ1) is 11.5. The molecule has 0 saturated carbocycles.